The lowest BCUT2D eigenvalue weighted by Crippen LogP contribution is -2.25. The molecule has 0 atom stereocenters. The first-order valence-corrected chi connectivity index (χ1v) is 6.88. The average molecular weight is 296 g/mol. The molecule has 0 amide bonds. The zero-order valence-corrected chi connectivity index (χ0v) is 11.0. The van der Waals surface area contributed by atoms with E-state index in [0.29, 0.717) is 6.42 Å². The number of aromatic carboxylic acids is 1. The van der Waals surface area contributed by atoms with E-state index in [1.807, 2.05) is 0 Å². The predicted molar refractivity (Wildman–Crippen MR) is 63.8 cm³/mol. The third-order valence-electron chi connectivity index (χ3n) is 2.10. The second-order valence-corrected chi connectivity index (χ2v) is 5.55. The van der Waals surface area contributed by atoms with Crippen molar-refractivity contribution in [3.05, 3.63) is 28.5 Å². The van der Waals surface area contributed by atoms with Crippen LogP contribution < -0.4 is 4.72 Å². The predicted octanol–water partition coefficient (Wildman–Crippen LogP) is 1.87. The second kappa shape index (κ2) is 5.64. The van der Waals surface area contributed by atoms with Gasteiger partial charge in [-0.1, -0.05) is 18.5 Å². The number of sulfonamides is 1. The zero-order valence-electron chi connectivity index (χ0n) is 9.41. The third kappa shape index (κ3) is 2.98. The number of carboxylic acids is 1. The van der Waals surface area contributed by atoms with Crippen LogP contribution in [0.1, 0.15) is 23.7 Å². The van der Waals surface area contributed by atoms with Crippen LogP contribution in [0.5, 0.6) is 0 Å². The van der Waals surface area contributed by atoms with Gasteiger partial charge in [0.2, 0.25) is 10.0 Å². The van der Waals surface area contributed by atoms with E-state index in [9.17, 15) is 17.6 Å². The molecule has 1 aromatic carbocycles. The molecule has 8 heteroatoms. The van der Waals surface area contributed by atoms with Gasteiger partial charge in [-0.25, -0.2) is 22.3 Å². The summed E-state index contributed by atoms with van der Waals surface area (Å²) in [6, 6.07) is 1.69. The van der Waals surface area contributed by atoms with Gasteiger partial charge in [-0.15, -0.1) is 0 Å². The monoisotopic (exact) mass is 295 g/mol. The molecule has 0 saturated carbocycles. The quantitative estimate of drug-likeness (QED) is 0.868. The minimum Gasteiger partial charge on any atom is -0.478 e. The van der Waals surface area contributed by atoms with E-state index in [4.69, 9.17) is 16.7 Å². The lowest BCUT2D eigenvalue weighted by atomic mass is 10.2. The average Bonchev–Trinajstić information content (AvgIpc) is 2.25. The van der Waals surface area contributed by atoms with E-state index >= 15 is 0 Å². The number of nitrogens with one attached hydrogen (secondary N) is 1. The molecular weight excluding hydrogens is 285 g/mol. The maximum atomic E-state index is 13.2. The maximum Gasteiger partial charge on any atom is 0.340 e. The molecule has 0 fully saturated rings. The molecular formula is C10H11ClFNO4S. The van der Waals surface area contributed by atoms with Crippen molar-refractivity contribution in [2.75, 3.05) is 6.54 Å². The van der Waals surface area contributed by atoms with Crippen LogP contribution in [0.15, 0.2) is 17.0 Å². The van der Waals surface area contributed by atoms with Crippen molar-refractivity contribution in [1.82, 2.24) is 4.72 Å². The molecule has 0 unspecified atom stereocenters. The molecule has 0 spiro atoms. The number of hydrogen-bond donors (Lipinski definition) is 2. The minimum absolute atomic E-state index is 0.179. The third-order valence-corrected chi connectivity index (χ3v) is 4.11. The van der Waals surface area contributed by atoms with Crippen LogP contribution >= 0.6 is 11.6 Å². The van der Waals surface area contributed by atoms with E-state index in [0.717, 1.165) is 12.1 Å². The Hall–Kier alpha value is -1.18. The van der Waals surface area contributed by atoms with Gasteiger partial charge in [0.05, 0.1) is 5.02 Å². The standard InChI is InChI=1S/C10H11ClFNO4S/c1-2-5-13-18(16,17)7-4-3-6(12)8(9(7)11)10(14)15/h3-4,13H,2,5H2,1H3,(H,14,15). The van der Waals surface area contributed by atoms with Gasteiger partial charge in [-0.3, -0.25) is 0 Å². The molecule has 100 valence electrons. The summed E-state index contributed by atoms with van der Waals surface area (Å²) in [7, 11) is -3.94. The Bertz CT molecular complexity index is 573. The normalized spacial score (nSPS) is 11.5. The van der Waals surface area contributed by atoms with Crippen LogP contribution in [0.2, 0.25) is 5.02 Å². The summed E-state index contributed by atoms with van der Waals surface area (Å²) in [6.07, 6.45) is 0.559. The van der Waals surface area contributed by atoms with Crippen molar-refractivity contribution in [1.29, 1.82) is 0 Å². The van der Waals surface area contributed by atoms with Gasteiger partial charge in [0.15, 0.2) is 0 Å². The molecule has 0 aliphatic rings. The van der Waals surface area contributed by atoms with E-state index in [1.165, 1.54) is 0 Å². The van der Waals surface area contributed by atoms with Crippen molar-refractivity contribution in [3.63, 3.8) is 0 Å². The highest BCUT2D eigenvalue weighted by atomic mass is 35.5. The van der Waals surface area contributed by atoms with Crippen LogP contribution in [-0.2, 0) is 10.0 Å². The molecule has 0 heterocycles. The van der Waals surface area contributed by atoms with Crippen LogP contribution in [0.25, 0.3) is 0 Å². The fourth-order valence-electron chi connectivity index (χ4n) is 1.25. The molecule has 18 heavy (non-hydrogen) atoms. The molecule has 0 aliphatic carbocycles. The van der Waals surface area contributed by atoms with Crippen LogP contribution in [0.3, 0.4) is 0 Å². The first-order chi connectivity index (χ1) is 8.31. The number of hydrogen-bond acceptors (Lipinski definition) is 3. The summed E-state index contributed by atoms with van der Waals surface area (Å²) in [5.74, 6) is -2.70. The summed E-state index contributed by atoms with van der Waals surface area (Å²) in [4.78, 5) is 10.3. The molecule has 1 rings (SSSR count). The van der Waals surface area contributed by atoms with E-state index in [2.05, 4.69) is 4.72 Å². The lowest BCUT2D eigenvalue weighted by molar-refractivity contribution is 0.0692. The van der Waals surface area contributed by atoms with E-state index in [1.54, 1.807) is 6.92 Å². The van der Waals surface area contributed by atoms with Gasteiger partial charge in [-0.2, -0.15) is 0 Å². The van der Waals surface area contributed by atoms with Crippen molar-refractivity contribution in [2.24, 2.45) is 0 Å². The summed E-state index contributed by atoms with van der Waals surface area (Å²) in [6.45, 7) is 1.94. The fourth-order valence-corrected chi connectivity index (χ4v) is 3.00. The summed E-state index contributed by atoms with van der Waals surface area (Å²) >= 11 is 5.63. The second-order valence-electron chi connectivity index (χ2n) is 3.44. The van der Waals surface area contributed by atoms with Crippen LogP contribution in [0, 0.1) is 5.82 Å². The molecule has 0 radical (unpaired) electrons. The van der Waals surface area contributed by atoms with Gasteiger partial charge in [0.1, 0.15) is 16.3 Å². The Morgan fingerprint density at radius 2 is 2.11 bits per heavy atom. The molecule has 0 aliphatic heterocycles. The Morgan fingerprint density at radius 1 is 1.50 bits per heavy atom. The molecule has 2 N–H and O–H groups in total. The lowest BCUT2D eigenvalue weighted by Gasteiger charge is -2.09. The first-order valence-electron chi connectivity index (χ1n) is 5.02. The van der Waals surface area contributed by atoms with Crippen LogP contribution in [-0.4, -0.2) is 26.0 Å². The Kier molecular flexibility index (Phi) is 4.66. The first kappa shape index (κ1) is 14.9. The van der Waals surface area contributed by atoms with Crippen molar-refractivity contribution in [3.8, 4) is 0 Å². The number of rotatable bonds is 5. The van der Waals surface area contributed by atoms with E-state index < -0.39 is 37.3 Å². The Balaban J connectivity index is 3.36. The summed E-state index contributed by atoms with van der Waals surface area (Å²) < 4.78 is 39.0. The smallest absolute Gasteiger partial charge is 0.340 e. The zero-order chi connectivity index (χ0) is 13.9. The Labute approximate surface area is 109 Å². The number of halogens is 2. The molecule has 0 aromatic heterocycles. The SMILES string of the molecule is CCCNS(=O)(=O)c1ccc(F)c(C(=O)O)c1Cl. The van der Waals surface area contributed by atoms with Crippen molar-refractivity contribution in [2.45, 2.75) is 18.2 Å². The topological polar surface area (TPSA) is 83.5 Å². The van der Waals surface area contributed by atoms with Gasteiger partial charge < -0.3 is 5.11 Å². The molecule has 1 aromatic rings. The fraction of sp³-hybridized carbons (Fsp3) is 0.300. The van der Waals surface area contributed by atoms with Gasteiger partial charge >= 0.3 is 5.97 Å². The Morgan fingerprint density at radius 3 is 2.61 bits per heavy atom. The molecule has 5 nitrogen and oxygen atoms in total. The highest BCUT2D eigenvalue weighted by Gasteiger charge is 2.24. The number of carboxylic acid groups (broad SMARTS) is 1. The molecule has 0 bridgehead atoms. The van der Waals surface area contributed by atoms with Crippen molar-refractivity contribution >= 4 is 27.6 Å². The number of carbonyl (C=O) groups is 1. The largest absolute Gasteiger partial charge is 0.478 e. The maximum absolute atomic E-state index is 13.2. The summed E-state index contributed by atoms with van der Waals surface area (Å²) in [5, 5.41) is 8.14. The molecule has 0 saturated heterocycles. The van der Waals surface area contributed by atoms with E-state index in [-0.39, 0.29) is 6.54 Å². The summed E-state index contributed by atoms with van der Waals surface area (Å²) in [5.41, 5.74) is -0.851. The van der Waals surface area contributed by atoms with Crippen molar-refractivity contribution < 1.29 is 22.7 Å². The van der Waals surface area contributed by atoms with Gasteiger partial charge in [-0.05, 0) is 18.6 Å². The number of benzene rings is 1. The van der Waals surface area contributed by atoms with Gasteiger partial charge in [0, 0.05) is 6.54 Å². The highest BCUT2D eigenvalue weighted by Crippen LogP contribution is 2.27. The minimum atomic E-state index is -3.94. The van der Waals surface area contributed by atoms with Gasteiger partial charge in [0.25, 0.3) is 0 Å². The van der Waals surface area contributed by atoms with Crippen LogP contribution in [0.4, 0.5) is 4.39 Å². The highest BCUT2D eigenvalue weighted by molar-refractivity contribution is 7.89.